The number of halogens is 1. The lowest BCUT2D eigenvalue weighted by Crippen LogP contribution is -2.37. The fourth-order valence-corrected chi connectivity index (χ4v) is 3.06. The van der Waals surface area contributed by atoms with Gasteiger partial charge in [-0.2, -0.15) is 4.73 Å². The normalized spacial score (nSPS) is 10.7. The third-order valence-electron chi connectivity index (χ3n) is 4.37. The summed E-state index contributed by atoms with van der Waals surface area (Å²) < 4.78 is 6.37. The maximum Gasteiger partial charge on any atom is 0.265 e. The van der Waals surface area contributed by atoms with Crippen molar-refractivity contribution in [2.45, 2.75) is 40.5 Å². The van der Waals surface area contributed by atoms with E-state index in [1.54, 1.807) is 19.9 Å². The second kappa shape index (κ2) is 8.90. The van der Waals surface area contributed by atoms with Crippen molar-refractivity contribution in [3.8, 4) is 5.75 Å². The molecule has 1 amide bonds. The highest BCUT2D eigenvalue weighted by atomic mass is 35.5. The number of amides is 1. The number of carbonyl (C=O) groups is 1. The molecule has 0 aliphatic rings. The van der Waals surface area contributed by atoms with Crippen LogP contribution in [0.5, 0.6) is 5.75 Å². The van der Waals surface area contributed by atoms with Crippen molar-refractivity contribution in [3.05, 3.63) is 57.6 Å². The summed E-state index contributed by atoms with van der Waals surface area (Å²) in [7, 11) is 0. The predicted molar refractivity (Wildman–Crippen MR) is 104 cm³/mol. The monoisotopic (exact) mass is 376 g/mol. The van der Waals surface area contributed by atoms with E-state index in [9.17, 15) is 10.0 Å². The highest BCUT2D eigenvalue weighted by molar-refractivity contribution is 6.18. The Morgan fingerprint density at radius 3 is 2.38 bits per heavy atom. The van der Waals surface area contributed by atoms with E-state index in [0.29, 0.717) is 23.0 Å². The summed E-state index contributed by atoms with van der Waals surface area (Å²) in [6.45, 7) is 7.64. The topological polar surface area (TPSA) is 65.3 Å². The van der Waals surface area contributed by atoms with Crippen molar-refractivity contribution in [1.82, 2.24) is 0 Å². The fourth-order valence-electron chi connectivity index (χ4n) is 2.98. The van der Waals surface area contributed by atoms with Gasteiger partial charge in [-0.25, -0.2) is 0 Å². The Labute approximate surface area is 159 Å². The van der Waals surface area contributed by atoms with Crippen LogP contribution in [0.4, 0.5) is 5.69 Å². The Hall–Kier alpha value is -2.27. The van der Waals surface area contributed by atoms with Gasteiger partial charge in [0.05, 0.1) is 5.88 Å². The van der Waals surface area contributed by atoms with Crippen molar-refractivity contribution in [2.24, 2.45) is 0 Å². The lowest BCUT2D eigenvalue weighted by Gasteiger charge is -2.17. The van der Waals surface area contributed by atoms with E-state index in [4.69, 9.17) is 16.3 Å². The molecule has 26 heavy (non-hydrogen) atoms. The number of benzene rings is 1. The molecule has 0 saturated heterocycles. The van der Waals surface area contributed by atoms with Crippen LogP contribution in [0.3, 0.4) is 0 Å². The molecule has 1 heterocycles. The molecule has 0 radical (unpaired) electrons. The summed E-state index contributed by atoms with van der Waals surface area (Å²) in [5.41, 5.74) is 3.93. The summed E-state index contributed by atoms with van der Waals surface area (Å²) in [6, 6.07) is 7.56. The molecular formula is C20H25ClN2O3. The van der Waals surface area contributed by atoms with Gasteiger partial charge >= 0.3 is 0 Å². The maximum absolute atomic E-state index is 13.0. The van der Waals surface area contributed by atoms with Crippen LogP contribution in [-0.4, -0.2) is 18.4 Å². The van der Waals surface area contributed by atoms with Crippen LogP contribution >= 0.6 is 11.6 Å². The molecule has 140 valence electrons. The van der Waals surface area contributed by atoms with Crippen molar-refractivity contribution < 1.29 is 14.3 Å². The zero-order valence-electron chi connectivity index (χ0n) is 15.7. The Morgan fingerprint density at radius 1 is 1.23 bits per heavy atom. The lowest BCUT2D eigenvalue weighted by molar-refractivity contribution is -0.619. The highest BCUT2D eigenvalue weighted by Crippen LogP contribution is 2.27. The molecule has 1 aromatic heterocycles. The van der Waals surface area contributed by atoms with E-state index in [-0.39, 0.29) is 18.1 Å². The van der Waals surface area contributed by atoms with Gasteiger partial charge in [0, 0.05) is 25.6 Å². The van der Waals surface area contributed by atoms with Gasteiger partial charge in [-0.1, -0.05) is 32.0 Å². The number of aryl methyl sites for hydroxylation is 3. The molecule has 0 bridgehead atoms. The first kappa shape index (κ1) is 20.0. The zero-order valence-corrected chi connectivity index (χ0v) is 16.4. The molecule has 2 rings (SSSR count). The molecule has 0 aliphatic heterocycles. The van der Waals surface area contributed by atoms with Crippen LogP contribution in [0.15, 0.2) is 24.3 Å². The molecule has 0 unspecified atom stereocenters. The van der Waals surface area contributed by atoms with Crippen molar-refractivity contribution in [3.63, 3.8) is 0 Å². The molecule has 0 fully saturated rings. The average molecular weight is 377 g/mol. The molecule has 1 N–H and O–H groups in total. The molecular weight excluding hydrogens is 352 g/mol. The van der Waals surface area contributed by atoms with Crippen LogP contribution in [0.2, 0.25) is 0 Å². The Balaban J connectivity index is 2.49. The molecule has 2 aromatic rings. The van der Waals surface area contributed by atoms with Gasteiger partial charge in [-0.05, 0) is 24.0 Å². The summed E-state index contributed by atoms with van der Waals surface area (Å²) in [5, 5.41) is 15.3. The third kappa shape index (κ3) is 4.10. The van der Waals surface area contributed by atoms with Gasteiger partial charge in [0.25, 0.3) is 5.91 Å². The van der Waals surface area contributed by atoms with E-state index >= 15 is 0 Å². The second-order valence-corrected chi connectivity index (χ2v) is 6.43. The second-order valence-electron chi connectivity index (χ2n) is 6.05. The highest BCUT2D eigenvalue weighted by Gasteiger charge is 2.25. The smallest absolute Gasteiger partial charge is 0.265 e. The molecule has 0 aliphatic carbocycles. The van der Waals surface area contributed by atoms with Crippen molar-refractivity contribution >= 4 is 23.2 Å². The Bertz CT molecular complexity index is 784. The van der Waals surface area contributed by atoms with Crippen LogP contribution < -0.4 is 14.8 Å². The molecule has 5 nitrogen and oxygen atoms in total. The van der Waals surface area contributed by atoms with Crippen molar-refractivity contribution in [1.29, 1.82) is 0 Å². The largest absolute Gasteiger partial charge is 0.618 e. The van der Waals surface area contributed by atoms with Gasteiger partial charge in [0.15, 0.2) is 5.69 Å². The van der Waals surface area contributed by atoms with Crippen LogP contribution in [0.25, 0.3) is 0 Å². The minimum atomic E-state index is -0.354. The first-order valence-corrected chi connectivity index (χ1v) is 9.32. The van der Waals surface area contributed by atoms with Gasteiger partial charge in [-0.3, -0.25) is 4.79 Å². The van der Waals surface area contributed by atoms with Crippen LogP contribution in [0, 0.1) is 19.1 Å². The number of hydrogen-bond donors (Lipinski definition) is 1. The zero-order chi connectivity index (χ0) is 19.3. The standard InChI is InChI=1S/C20H25ClN2O3/c1-5-15-8-7-9-16(6-2)19(15)22-20(24)18-14(4)23(25)13(3)12-17(18)26-11-10-21/h7-9,12H,5-6,10-11H2,1-4H3,(H,22,24). The van der Waals surface area contributed by atoms with Crippen LogP contribution in [0.1, 0.15) is 46.7 Å². The average Bonchev–Trinajstić information content (AvgIpc) is 2.64. The first-order valence-electron chi connectivity index (χ1n) is 8.79. The lowest BCUT2D eigenvalue weighted by atomic mass is 10.0. The number of nitrogens with zero attached hydrogens (tertiary/aromatic N) is 1. The van der Waals surface area contributed by atoms with Gasteiger partial charge in [0.2, 0.25) is 5.69 Å². The van der Waals surface area contributed by atoms with Crippen molar-refractivity contribution in [2.75, 3.05) is 17.8 Å². The number of alkyl halides is 1. The fraction of sp³-hybridized carbons (Fsp3) is 0.400. The number of aromatic nitrogens is 1. The van der Waals surface area contributed by atoms with E-state index in [0.717, 1.165) is 34.4 Å². The SMILES string of the molecule is CCc1cccc(CC)c1NC(=O)c1c(OCCCl)cc(C)[n+]([O-])c1C. The maximum atomic E-state index is 13.0. The molecule has 1 aromatic carbocycles. The number of hydrogen-bond acceptors (Lipinski definition) is 3. The van der Waals surface area contributed by atoms with Crippen LogP contribution in [-0.2, 0) is 12.8 Å². The minimum absolute atomic E-state index is 0.240. The van der Waals surface area contributed by atoms with E-state index in [2.05, 4.69) is 5.32 Å². The molecule has 6 heteroatoms. The Morgan fingerprint density at radius 2 is 1.85 bits per heavy atom. The summed E-state index contributed by atoms with van der Waals surface area (Å²) in [5.74, 6) is 0.314. The molecule has 0 atom stereocenters. The first-order chi connectivity index (χ1) is 12.4. The third-order valence-corrected chi connectivity index (χ3v) is 4.53. The quantitative estimate of drug-likeness (QED) is 0.452. The number of anilines is 1. The molecule has 0 saturated carbocycles. The number of para-hydroxylation sites is 1. The number of nitrogens with one attached hydrogen (secondary N) is 1. The van der Waals surface area contributed by atoms with E-state index in [1.165, 1.54) is 0 Å². The number of carbonyl (C=O) groups excluding carboxylic acids is 1. The van der Waals surface area contributed by atoms with Gasteiger partial charge < -0.3 is 15.3 Å². The number of ether oxygens (including phenoxy) is 1. The predicted octanol–water partition coefficient (Wildman–Crippen LogP) is 3.93. The van der Waals surface area contributed by atoms with Gasteiger partial charge in [-0.15, -0.1) is 11.6 Å². The van der Waals surface area contributed by atoms with E-state index in [1.807, 2.05) is 32.0 Å². The summed E-state index contributed by atoms with van der Waals surface area (Å²) >= 11 is 5.71. The minimum Gasteiger partial charge on any atom is -0.618 e. The number of pyridine rings is 1. The number of rotatable bonds is 7. The summed E-state index contributed by atoms with van der Waals surface area (Å²) in [4.78, 5) is 13.0. The van der Waals surface area contributed by atoms with E-state index < -0.39 is 0 Å². The van der Waals surface area contributed by atoms with Gasteiger partial charge in [0.1, 0.15) is 17.9 Å². The summed E-state index contributed by atoms with van der Waals surface area (Å²) in [6.07, 6.45) is 1.60. The molecule has 0 spiro atoms. The Kier molecular flexibility index (Phi) is 6.86.